The predicted octanol–water partition coefficient (Wildman–Crippen LogP) is 2.45. The lowest BCUT2D eigenvalue weighted by Crippen LogP contribution is -2.26. The first-order valence-corrected chi connectivity index (χ1v) is 5.72. The Labute approximate surface area is 84.2 Å². The van der Waals surface area contributed by atoms with E-state index in [0.717, 1.165) is 19.3 Å². The van der Waals surface area contributed by atoms with Gasteiger partial charge in [-0.2, -0.15) is 0 Å². The van der Waals surface area contributed by atoms with E-state index in [4.69, 9.17) is 5.73 Å². The summed E-state index contributed by atoms with van der Waals surface area (Å²) in [5.41, 5.74) is 5.94. The van der Waals surface area contributed by atoms with Crippen LogP contribution in [0.15, 0.2) is 11.6 Å². The largest absolute Gasteiger partial charge is 0.327 e. The highest BCUT2D eigenvalue weighted by atomic mass is 32.1. The van der Waals surface area contributed by atoms with Crippen LogP contribution < -0.4 is 5.73 Å². The molecule has 1 atom stereocenters. The molecule has 1 aromatic heterocycles. The van der Waals surface area contributed by atoms with Crippen LogP contribution in [0, 0.1) is 5.92 Å². The van der Waals surface area contributed by atoms with Crippen molar-refractivity contribution in [2.75, 3.05) is 0 Å². The zero-order chi connectivity index (χ0) is 9.68. The topological polar surface area (TPSA) is 38.9 Å². The van der Waals surface area contributed by atoms with E-state index in [9.17, 15) is 0 Å². The van der Waals surface area contributed by atoms with Crippen molar-refractivity contribution in [2.24, 2.45) is 11.7 Å². The van der Waals surface area contributed by atoms with Crippen LogP contribution >= 0.6 is 11.3 Å². The molecule has 74 valence electrons. The summed E-state index contributed by atoms with van der Waals surface area (Å²) >= 11 is 1.73. The molecule has 0 amide bonds. The Morgan fingerprint density at radius 1 is 1.54 bits per heavy atom. The molecule has 1 unspecified atom stereocenters. The highest BCUT2D eigenvalue weighted by Gasteiger charge is 2.07. The van der Waals surface area contributed by atoms with E-state index >= 15 is 0 Å². The quantitative estimate of drug-likeness (QED) is 0.789. The molecular formula is C10H18N2S. The molecular weight excluding hydrogens is 180 g/mol. The fraction of sp³-hybridized carbons (Fsp3) is 0.700. The number of nitrogens with two attached hydrogens (primary N) is 1. The molecule has 0 aliphatic rings. The van der Waals surface area contributed by atoms with E-state index in [2.05, 4.69) is 18.8 Å². The van der Waals surface area contributed by atoms with E-state index in [0.29, 0.717) is 12.0 Å². The number of hydrogen-bond donors (Lipinski definition) is 1. The highest BCUT2D eigenvalue weighted by Crippen LogP contribution is 2.11. The Bertz CT molecular complexity index is 219. The number of nitrogens with zero attached hydrogens (tertiary/aromatic N) is 1. The van der Waals surface area contributed by atoms with E-state index in [1.807, 2.05) is 11.6 Å². The summed E-state index contributed by atoms with van der Waals surface area (Å²) in [7, 11) is 0. The molecule has 1 heterocycles. The second-order valence-corrected chi connectivity index (χ2v) is 4.71. The number of aromatic nitrogens is 1. The Balaban J connectivity index is 2.14. The summed E-state index contributed by atoms with van der Waals surface area (Å²) < 4.78 is 0. The van der Waals surface area contributed by atoms with E-state index in [-0.39, 0.29) is 0 Å². The van der Waals surface area contributed by atoms with E-state index in [1.165, 1.54) is 5.01 Å². The number of thiazole rings is 1. The average molecular weight is 198 g/mol. The van der Waals surface area contributed by atoms with Gasteiger partial charge in [-0.25, -0.2) is 4.98 Å². The SMILES string of the molecule is CC(C)C(N)CCCc1nccs1. The highest BCUT2D eigenvalue weighted by molar-refractivity contribution is 7.09. The van der Waals surface area contributed by atoms with Crippen molar-refractivity contribution in [3.05, 3.63) is 16.6 Å². The summed E-state index contributed by atoms with van der Waals surface area (Å²) in [6.07, 6.45) is 5.21. The van der Waals surface area contributed by atoms with Crippen LogP contribution in [0.1, 0.15) is 31.7 Å². The molecule has 0 saturated carbocycles. The summed E-state index contributed by atoms with van der Waals surface area (Å²) in [6, 6.07) is 0.347. The minimum atomic E-state index is 0.347. The first-order valence-electron chi connectivity index (χ1n) is 4.84. The van der Waals surface area contributed by atoms with Gasteiger partial charge in [0.15, 0.2) is 0 Å². The van der Waals surface area contributed by atoms with Gasteiger partial charge in [-0.05, 0) is 25.2 Å². The molecule has 1 rings (SSSR count). The summed E-state index contributed by atoms with van der Waals surface area (Å²) in [5, 5.41) is 3.26. The van der Waals surface area contributed by atoms with Gasteiger partial charge in [0.05, 0.1) is 5.01 Å². The van der Waals surface area contributed by atoms with Crippen molar-refractivity contribution in [1.82, 2.24) is 4.98 Å². The maximum absolute atomic E-state index is 5.94. The summed E-state index contributed by atoms with van der Waals surface area (Å²) in [4.78, 5) is 4.24. The van der Waals surface area contributed by atoms with Crippen molar-refractivity contribution >= 4 is 11.3 Å². The van der Waals surface area contributed by atoms with Gasteiger partial charge in [-0.1, -0.05) is 13.8 Å². The third-order valence-electron chi connectivity index (χ3n) is 2.27. The smallest absolute Gasteiger partial charge is 0.0924 e. The zero-order valence-corrected chi connectivity index (χ0v) is 9.18. The first-order chi connectivity index (χ1) is 6.20. The van der Waals surface area contributed by atoms with Crippen molar-refractivity contribution in [1.29, 1.82) is 0 Å². The van der Waals surface area contributed by atoms with Gasteiger partial charge in [0, 0.05) is 17.6 Å². The predicted molar refractivity (Wildman–Crippen MR) is 57.9 cm³/mol. The third kappa shape index (κ3) is 3.87. The van der Waals surface area contributed by atoms with Crippen LogP contribution in [0.25, 0.3) is 0 Å². The molecule has 2 nitrogen and oxygen atoms in total. The van der Waals surface area contributed by atoms with Crippen molar-refractivity contribution in [3.8, 4) is 0 Å². The van der Waals surface area contributed by atoms with Gasteiger partial charge in [0.25, 0.3) is 0 Å². The van der Waals surface area contributed by atoms with Gasteiger partial charge >= 0.3 is 0 Å². The third-order valence-corrected chi connectivity index (χ3v) is 3.11. The van der Waals surface area contributed by atoms with Gasteiger partial charge in [0.1, 0.15) is 0 Å². The molecule has 0 aromatic carbocycles. The maximum atomic E-state index is 5.94. The van der Waals surface area contributed by atoms with Crippen molar-refractivity contribution < 1.29 is 0 Å². The molecule has 0 fully saturated rings. The van der Waals surface area contributed by atoms with Crippen LogP contribution in [0.3, 0.4) is 0 Å². The lowest BCUT2D eigenvalue weighted by Gasteiger charge is -2.14. The monoisotopic (exact) mass is 198 g/mol. The van der Waals surface area contributed by atoms with Crippen LogP contribution in [-0.2, 0) is 6.42 Å². The van der Waals surface area contributed by atoms with E-state index in [1.54, 1.807) is 11.3 Å². The fourth-order valence-electron chi connectivity index (χ4n) is 1.20. The molecule has 0 saturated heterocycles. The fourth-order valence-corrected chi connectivity index (χ4v) is 1.86. The first kappa shape index (κ1) is 10.7. The molecule has 1 aromatic rings. The molecule has 0 aliphatic carbocycles. The van der Waals surface area contributed by atoms with Gasteiger partial charge in [-0.15, -0.1) is 11.3 Å². The van der Waals surface area contributed by atoms with Gasteiger partial charge in [0.2, 0.25) is 0 Å². The van der Waals surface area contributed by atoms with E-state index < -0.39 is 0 Å². The van der Waals surface area contributed by atoms with Crippen molar-refractivity contribution in [3.63, 3.8) is 0 Å². The Kier molecular flexibility index (Phi) is 4.39. The number of aryl methyl sites for hydroxylation is 1. The lowest BCUT2D eigenvalue weighted by molar-refractivity contribution is 0.452. The molecule has 0 radical (unpaired) electrons. The van der Waals surface area contributed by atoms with Crippen LogP contribution in [-0.4, -0.2) is 11.0 Å². The number of hydrogen-bond acceptors (Lipinski definition) is 3. The normalized spacial score (nSPS) is 13.5. The standard InChI is InChI=1S/C10H18N2S/c1-8(2)9(11)4-3-5-10-12-6-7-13-10/h6-9H,3-5,11H2,1-2H3. The maximum Gasteiger partial charge on any atom is 0.0924 e. The van der Waals surface area contributed by atoms with Crippen molar-refractivity contribution in [2.45, 2.75) is 39.2 Å². The Morgan fingerprint density at radius 2 is 2.31 bits per heavy atom. The average Bonchev–Trinajstić information content (AvgIpc) is 2.56. The van der Waals surface area contributed by atoms with Gasteiger partial charge < -0.3 is 5.73 Å². The van der Waals surface area contributed by atoms with Crippen LogP contribution in [0.4, 0.5) is 0 Å². The minimum absolute atomic E-state index is 0.347. The lowest BCUT2D eigenvalue weighted by atomic mass is 10.00. The molecule has 0 spiro atoms. The summed E-state index contributed by atoms with van der Waals surface area (Å²) in [5.74, 6) is 0.594. The Morgan fingerprint density at radius 3 is 2.85 bits per heavy atom. The summed E-state index contributed by atoms with van der Waals surface area (Å²) in [6.45, 7) is 4.35. The zero-order valence-electron chi connectivity index (χ0n) is 8.36. The molecule has 0 bridgehead atoms. The molecule has 2 N–H and O–H groups in total. The van der Waals surface area contributed by atoms with Gasteiger partial charge in [-0.3, -0.25) is 0 Å². The molecule has 13 heavy (non-hydrogen) atoms. The Hall–Kier alpha value is -0.410. The second kappa shape index (κ2) is 5.35. The second-order valence-electron chi connectivity index (χ2n) is 3.73. The molecule has 0 aliphatic heterocycles. The van der Waals surface area contributed by atoms with Crippen LogP contribution in [0.5, 0.6) is 0 Å². The van der Waals surface area contributed by atoms with Crippen LogP contribution in [0.2, 0.25) is 0 Å². The molecule has 3 heteroatoms. The minimum Gasteiger partial charge on any atom is -0.327 e. The number of rotatable bonds is 5.